The van der Waals surface area contributed by atoms with Crippen LogP contribution in [0.2, 0.25) is 0 Å². The van der Waals surface area contributed by atoms with Crippen molar-refractivity contribution in [2.24, 2.45) is 11.8 Å². The number of alkyl halides is 3. The number of nitrogens with one attached hydrogen (secondary N) is 3. The Balaban J connectivity index is 1.26. The molecule has 3 aliphatic heterocycles. The minimum absolute atomic E-state index is 0.00246. The first-order valence-corrected chi connectivity index (χ1v) is 21.2. The van der Waals surface area contributed by atoms with E-state index in [2.05, 4.69) is 25.3 Å². The maximum Gasteiger partial charge on any atom is 0.437 e. The number of aryl methyl sites for hydroxylation is 1. The van der Waals surface area contributed by atoms with Gasteiger partial charge in [0, 0.05) is 24.0 Å². The van der Waals surface area contributed by atoms with Gasteiger partial charge < -0.3 is 29.7 Å². The van der Waals surface area contributed by atoms with Crippen LogP contribution >= 0.6 is 0 Å². The average molecular weight is 835 g/mol. The molecule has 19 heteroatoms. The van der Waals surface area contributed by atoms with Crippen LogP contribution in [-0.2, 0) is 41.7 Å². The van der Waals surface area contributed by atoms with Crippen LogP contribution in [-0.4, -0.2) is 95.3 Å². The minimum atomic E-state index is -4.95. The molecule has 5 heterocycles. The summed E-state index contributed by atoms with van der Waals surface area (Å²) in [4.78, 5) is 65.6. The van der Waals surface area contributed by atoms with Crippen LogP contribution in [0.4, 0.5) is 18.0 Å². The highest BCUT2D eigenvalue weighted by Gasteiger charge is 2.64. The number of sulfonamides is 1. The third kappa shape index (κ3) is 8.02. The Bertz CT molecular complexity index is 2150. The summed E-state index contributed by atoms with van der Waals surface area (Å²) in [5, 5.41) is 5.43. The van der Waals surface area contributed by atoms with Gasteiger partial charge in [0.05, 0.1) is 36.0 Å². The van der Waals surface area contributed by atoms with E-state index in [1.807, 2.05) is 19.9 Å². The Morgan fingerprint density at radius 3 is 2.55 bits per heavy atom. The zero-order chi connectivity index (χ0) is 41.8. The lowest BCUT2D eigenvalue weighted by Crippen LogP contribution is -2.58. The maximum atomic E-state index is 14.7. The molecule has 4 amide bonds. The van der Waals surface area contributed by atoms with Gasteiger partial charge in [-0.3, -0.25) is 19.1 Å². The summed E-state index contributed by atoms with van der Waals surface area (Å²) in [5.74, 6) is -3.40. The van der Waals surface area contributed by atoms with E-state index in [0.717, 1.165) is 0 Å². The normalized spacial score (nSPS) is 28.3. The zero-order valence-corrected chi connectivity index (χ0v) is 33.7. The van der Waals surface area contributed by atoms with Gasteiger partial charge in [-0.15, -0.1) is 0 Å². The number of carbonyl (C=O) groups is 4. The van der Waals surface area contributed by atoms with Gasteiger partial charge in [0.1, 0.15) is 23.2 Å². The molecule has 2 aliphatic carbocycles. The van der Waals surface area contributed by atoms with Gasteiger partial charge in [0.15, 0.2) is 11.4 Å². The number of carbonyl (C=O) groups excluding carboxylic acids is 4. The van der Waals surface area contributed by atoms with Crippen molar-refractivity contribution in [2.45, 2.75) is 126 Å². The Hall–Kier alpha value is -4.68. The van der Waals surface area contributed by atoms with Crippen molar-refractivity contribution in [1.82, 2.24) is 30.2 Å². The standard InChI is InChI=1S/C39H49F3N6O9S/c1-22(2)20-56-35(52)44-26-11-9-7-5-6-8-10-23-18-38(23,34(51)47-58(53,54)36(3)16-17-36)46-32(49)27-19-37(21-48(27)33(26)50)15-14-24-29-25(12-13-28(45-29)55-4)43-31(30(24)57-37)39(40,41)42/h8,10,12-13,22-23,26-27H,5-7,9,11,14-21H2,1-4H3,(H,44,52)(H,46,49)(H,47,51). The van der Waals surface area contributed by atoms with Crippen LogP contribution in [0, 0.1) is 11.8 Å². The molecule has 7 rings (SSSR count). The second kappa shape index (κ2) is 15.2. The predicted molar refractivity (Wildman–Crippen MR) is 202 cm³/mol. The quantitative estimate of drug-likeness (QED) is 0.333. The third-order valence-electron chi connectivity index (χ3n) is 11.9. The topological polar surface area (TPSA) is 195 Å². The van der Waals surface area contributed by atoms with Crippen LogP contribution in [0.25, 0.3) is 11.0 Å². The lowest BCUT2D eigenvalue weighted by Gasteiger charge is -2.37. The Labute approximate surface area is 334 Å². The van der Waals surface area contributed by atoms with Crippen molar-refractivity contribution in [3.05, 3.63) is 35.5 Å². The highest BCUT2D eigenvalue weighted by atomic mass is 32.2. The fourth-order valence-corrected chi connectivity index (χ4v) is 9.41. The Morgan fingerprint density at radius 2 is 1.86 bits per heavy atom. The molecule has 0 radical (unpaired) electrons. The summed E-state index contributed by atoms with van der Waals surface area (Å²) in [6.07, 6.45) is 1.11. The van der Waals surface area contributed by atoms with Crippen molar-refractivity contribution in [1.29, 1.82) is 0 Å². The van der Waals surface area contributed by atoms with Gasteiger partial charge >= 0.3 is 12.3 Å². The highest BCUT2D eigenvalue weighted by molar-refractivity contribution is 7.91. The predicted octanol–water partition coefficient (Wildman–Crippen LogP) is 4.47. The van der Waals surface area contributed by atoms with E-state index in [1.165, 1.54) is 31.1 Å². The van der Waals surface area contributed by atoms with Crippen LogP contribution < -0.4 is 24.8 Å². The first-order chi connectivity index (χ1) is 27.3. The number of nitrogens with zero attached hydrogens (tertiary/aromatic N) is 3. The molecule has 1 spiro atoms. The monoisotopic (exact) mass is 834 g/mol. The van der Waals surface area contributed by atoms with E-state index in [0.29, 0.717) is 38.5 Å². The summed E-state index contributed by atoms with van der Waals surface area (Å²) in [7, 11) is -2.72. The van der Waals surface area contributed by atoms with Crippen molar-refractivity contribution in [2.75, 3.05) is 20.3 Å². The van der Waals surface area contributed by atoms with Crippen molar-refractivity contribution >= 4 is 44.9 Å². The average Bonchev–Trinajstić information content (AvgIpc) is 4.06. The number of halogens is 3. The molecule has 15 nitrogen and oxygen atoms in total. The number of hydrogen-bond acceptors (Lipinski definition) is 11. The van der Waals surface area contributed by atoms with E-state index < -0.39 is 85.3 Å². The van der Waals surface area contributed by atoms with Gasteiger partial charge in [-0.05, 0) is 70.3 Å². The van der Waals surface area contributed by atoms with Crippen LogP contribution in [0.1, 0.15) is 96.2 Å². The van der Waals surface area contributed by atoms with Crippen molar-refractivity contribution in [3.63, 3.8) is 0 Å². The molecule has 0 bridgehead atoms. The van der Waals surface area contributed by atoms with E-state index in [1.54, 1.807) is 6.08 Å². The molecule has 3 N–H and O–H groups in total. The first-order valence-electron chi connectivity index (χ1n) is 19.7. The van der Waals surface area contributed by atoms with Crippen LogP contribution in [0.15, 0.2) is 24.3 Å². The van der Waals surface area contributed by atoms with Crippen molar-refractivity contribution < 1.29 is 55.0 Å². The van der Waals surface area contributed by atoms with Gasteiger partial charge in [-0.1, -0.05) is 38.8 Å². The summed E-state index contributed by atoms with van der Waals surface area (Å²) in [6.45, 7) is 4.95. The number of rotatable bonds is 7. The largest absolute Gasteiger partial charge is 0.483 e. The summed E-state index contributed by atoms with van der Waals surface area (Å²) < 4.78 is 88.5. The molecular weight excluding hydrogens is 786 g/mol. The number of hydrogen-bond donors (Lipinski definition) is 3. The molecule has 0 aromatic carbocycles. The maximum absolute atomic E-state index is 14.7. The van der Waals surface area contributed by atoms with E-state index in [-0.39, 0.29) is 73.7 Å². The number of fused-ring (bicyclic) bond motifs is 5. The zero-order valence-electron chi connectivity index (χ0n) is 32.9. The Morgan fingerprint density at radius 1 is 1.10 bits per heavy atom. The Kier molecular flexibility index (Phi) is 10.8. The molecule has 1 saturated heterocycles. The number of amides is 4. The lowest BCUT2D eigenvalue weighted by molar-refractivity contribution is -0.144. The fourth-order valence-electron chi connectivity index (χ4n) is 8.10. The summed E-state index contributed by atoms with van der Waals surface area (Å²) in [5.41, 5.74) is -4.24. The third-order valence-corrected chi connectivity index (χ3v) is 14.1. The molecule has 316 valence electrons. The second-order valence-electron chi connectivity index (χ2n) is 16.9. The SMILES string of the molecule is COc1ccc2nc(C(F)(F)F)c3c(c2n1)CCC1(CC2C(=O)NC4(C(=O)NS(=O)(=O)C5(C)CC5)CC4C=CCCCCCC(NC(=O)OCC(C)C)C(=O)N2C1)O3. The molecule has 5 atom stereocenters. The van der Waals surface area contributed by atoms with E-state index >= 15 is 0 Å². The first kappa shape index (κ1) is 41.5. The molecule has 2 aromatic rings. The van der Waals surface area contributed by atoms with Crippen molar-refractivity contribution in [3.8, 4) is 11.6 Å². The van der Waals surface area contributed by atoms with Crippen LogP contribution in [0.5, 0.6) is 11.6 Å². The minimum Gasteiger partial charge on any atom is -0.483 e. The smallest absolute Gasteiger partial charge is 0.437 e. The molecule has 3 fully saturated rings. The van der Waals surface area contributed by atoms with Gasteiger partial charge in [0.2, 0.25) is 27.7 Å². The highest BCUT2D eigenvalue weighted by Crippen LogP contribution is 2.50. The summed E-state index contributed by atoms with van der Waals surface area (Å²) >= 11 is 0. The molecule has 5 aliphatic rings. The summed E-state index contributed by atoms with van der Waals surface area (Å²) in [6, 6.07) is 0.198. The number of allylic oxidation sites excluding steroid dienone is 1. The number of ether oxygens (including phenoxy) is 3. The fraction of sp³-hybridized carbons (Fsp3) is 0.641. The number of pyridine rings is 2. The molecule has 2 saturated carbocycles. The number of alkyl carbamates (subject to hydrolysis) is 1. The number of methoxy groups -OCH3 is 1. The lowest BCUT2D eigenvalue weighted by atomic mass is 9.87. The molecule has 58 heavy (non-hydrogen) atoms. The van der Waals surface area contributed by atoms with Crippen LogP contribution in [0.3, 0.4) is 0 Å². The second-order valence-corrected chi connectivity index (χ2v) is 19.1. The van der Waals surface area contributed by atoms with E-state index in [9.17, 15) is 40.8 Å². The van der Waals surface area contributed by atoms with Gasteiger partial charge in [0.25, 0.3) is 5.91 Å². The van der Waals surface area contributed by atoms with Gasteiger partial charge in [-0.2, -0.15) is 13.2 Å². The molecular formula is C39H49F3N6O9S. The molecule has 2 aromatic heterocycles. The molecule has 5 unspecified atom stereocenters. The van der Waals surface area contributed by atoms with Gasteiger partial charge in [-0.25, -0.2) is 23.2 Å². The number of aromatic nitrogens is 2. The van der Waals surface area contributed by atoms with E-state index in [4.69, 9.17) is 14.2 Å².